The lowest BCUT2D eigenvalue weighted by Crippen LogP contribution is -2.11. The molecule has 0 saturated heterocycles. The summed E-state index contributed by atoms with van der Waals surface area (Å²) < 4.78 is 0.965. The standard InChI is InChI=1S/C10H13BrClNO/c11-9-4-3-7(12)6-8(9)10(13)2-1-5-14/h3-4,6,10,14H,1-2,5,13H2/t10-/m0/s1. The SMILES string of the molecule is N[C@@H](CCCO)c1cc(Cl)ccc1Br. The molecule has 78 valence electrons. The molecule has 0 radical (unpaired) electrons. The van der Waals surface area contributed by atoms with Crippen molar-refractivity contribution in [1.82, 2.24) is 0 Å². The summed E-state index contributed by atoms with van der Waals surface area (Å²) in [5, 5.41) is 9.38. The van der Waals surface area contributed by atoms with Crippen LogP contribution >= 0.6 is 27.5 Å². The maximum absolute atomic E-state index is 8.69. The summed E-state index contributed by atoms with van der Waals surface area (Å²) in [6, 6.07) is 5.48. The van der Waals surface area contributed by atoms with E-state index in [1.807, 2.05) is 18.2 Å². The smallest absolute Gasteiger partial charge is 0.0431 e. The second-order valence-corrected chi connectivity index (χ2v) is 4.43. The van der Waals surface area contributed by atoms with Crippen LogP contribution in [0.5, 0.6) is 0 Å². The molecule has 1 aromatic carbocycles. The number of halogens is 2. The zero-order chi connectivity index (χ0) is 10.6. The van der Waals surface area contributed by atoms with Crippen LogP contribution in [-0.4, -0.2) is 11.7 Å². The fraction of sp³-hybridized carbons (Fsp3) is 0.400. The molecule has 0 aliphatic carbocycles. The largest absolute Gasteiger partial charge is 0.396 e. The van der Waals surface area contributed by atoms with Crippen LogP contribution in [0.3, 0.4) is 0 Å². The minimum atomic E-state index is -0.0739. The van der Waals surface area contributed by atoms with Gasteiger partial charge in [-0.3, -0.25) is 0 Å². The molecule has 0 unspecified atom stereocenters. The lowest BCUT2D eigenvalue weighted by Gasteiger charge is -2.13. The van der Waals surface area contributed by atoms with Crippen molar-refractivity contribution in [2.24, 2.45) is 5.73 Å². The van der Waals surface area contributed by atoms with Gasteiger partial charge in [-0.15, -0.1) is 0 Å². The Bertz CT molecular complexity index is 306. The van der Waals surface area contributed by atoms with E-state index in [4.69, 9.17) is 22.4 Å². The topological polar surface area (TPSA) is 46.2 Å². The Morgan fingerprint density at radius 2 is 2.21 bits per heavy atom. The van der Waals surface area contributed by atoms with Crippen molar-refractivity contribution >= 4 is 27.5 Å². The molecule has 0 saturated carbocycles. The number of nitrogens with two attached hydrogens (primary N) is 1. The summed E-state index contributed by atoms with van der Waals surface area (Å²) in [4.78, 5) is 0. The van der Waals surface area contributed by atoms with Crippen LogP contribution < -0.4 is 5.73 Å². The molecule has 0 aromatic heterocycles. The Balaban J connectivity index is 2.77. The van der Waals surface area contributed by atoms with Gasteiger partial charge in [0.2, 0.25) is 0 Å². The van der Waals surface area contributed by atoms with E-state index in [0.717, 1.165) is 16.5 Å². The molecule has 0 fully saturated rings. The van der Waals surface area contributed by atoms with E-state index in [9.17, 15) is 0 Å². The Labute approximate surface area is 97.2 Å². The summed E-state index contributed by atoms with van der Waals surface area (Å²) in [6.07, 6.45) is 1.47. The Kier molecular flexibility index (Phi) is 4.89. The first-order chi connectivity index (χ1) is 6.65. The Morgan fingerprint density at radius 3 is 2.86 bits per heavy atom. The monoisotopic (exact) mass is 277 g/mol. The molecule has 1 aromatic rings. The van der Waals surface area contributed by atoms with E-state index < -0.39 is 0 Å². The predicted molar refractivity (Wildman–Crippen MR) is 62.4 cm³/mol. The maximum Gasteiger partial charge on any atom is 0.0431 e. The molecule has 3 N–H and O–H groups in total. The van der Waals surface area contributed by atoms with Gasteiger partial charge in [0.15, 0.2) is 0 Å². The summed E-state index contributed by atoms with van der Waals surface area (Å²) in [6.45, 7) is 0.173. The van der Waals surface area contributed by atoms with Crippen molar-refractivity contribution in [2.45, 2.75) is 18.9 Å². The number of aliphatic hydroxyl groups excluding tert-OH is 1. The number of benzene rings is 1. The molecule has 0 aliphatic rings. The van der Waals surface area contributed by atoms with Crippen LogP contribution in [0, 0.1) is 0 Å². The number of hydrogen-bond donors (Lipinski definition) is 2. The molecule has 0 heterocycles. The second-order valence-electron chi connectivity index (χ2n) is 3.14. The fourth-order valence-electron chi connectivity index (χ4n) is 1.27. The van der Waals surface area contributed by atoms with Crippen LogP contribution in [-0.2, 0) is 0 Å². The first-order valence-electron chi connectivity index (χ1n) is 4.46. The normalized spacial score (nSPS) is 12.9. The van der Waals surface area contributed by atoms with Crippen LogP contribution in [0.2, 0.25) is 5.02 Å². The molecular weight excluding hydrogens is 265 g/mol. The lowest BCUT2D eigenvalue weighted by atomic mass is 10.0. The van der Waals surface area contributed by atoms with E-state index >= 15 is 0 Å². The second kappa shape index (κ2) is 5.71. The van der Waals surface area contributed by atoms with Crippen molar-refractivity contribution < 1.29 is 5.11 Å². The maximum atomic E-state index is 8.69. The highest BCUT2D eigenvalue weighted by Gasteiger charge is 2.09. The molecule has 1 atom stereocenters. The number of hydrogen-bond acceptors (Lipinski definition) is 2. The molecule has 0 bridgehead atoms. The van der Waals surface area contributed by atoms with Gasteiger partial charge in [-0.25, -0.2) is 0 Å². The summed E-state index contributed by atoms with van der Waals surface area (Å²) in [5.41, 5.74) is 6.94. The van der Waals surface area contributed by atoms with Crippen molar-refractivity contribution in [1.29, 1.82) is 0 Å². The highest BCUT2D eigenvalue weighted by molar-refractivity contribution is 9.10. The van der Waals surface area contributed by atoms with Crippen LogP contribution in [0.1, 0.15) is 24.4 Å². The van der Waals surface area contributed by atoms with Crippen molar-refractivity contribution in [3.05, 3.63) is 33.3 Å². The van der Waals surface area contributed by atoms with E-state index in [-0.39, 0.29) is 12.6 Å². The molecule has 0 amide bonds. The summed E-state index contributed by atoms with van der Waals surface area (Å²) >= 11 is 9.29. The number of rotatable bonds is 4. The molecule has 14 heavy (non-hydrogen) atoms. The third kappa shape index (κ3) is 3.24. The predicted octanol–water partition coefficient (Wildman–Crippen LogP) is 2.87. The fourth-order valence-corrected chi connectivity index (χ4v) is 1.99. The van der Waals surface area contributed by atoms with Gasteiger partial charge in [0, 0.05) is 22.1 Å². The zero-order valence-electron chi connectivity index (χ0n) is 7.71. The average Bonchev–Trinajstić information content (AvgIpc) is 2.18. The van der Waals surface area contributed by atoms with Crippen molar-refractivity contribution in [3.63, 3.8) is 0 Å². The zero-order valence-corrected chi connectivity index (χ0v) is 10.1. The quantitative estimate of drug-likeness (QED) is 0.889. The van der Waals surface area contributed by atoms with Crippen LogP contribution in [0.25, 0.3) is 0 Å². The van der Waals surface area contributed by atoms with Gasteiger partial charge in [0.25, 0.3) is 0 Å². The molecule has 1 rings (SSSR count). The van der Waals surface area contributed by atoms with E-state index in [1.54, 1.807) is 0 Å². The first kappa shape index (κ1) is 12.0. The minimum absolute atomic E-state index is 0.0739. The molecular formula is C10H13BrClNO. The highest BCUT2D eigenvalue weighted by atomic mass is 79.9. The lowest BCUT2D eigenvalue weighted by molar-refractivity contribution is 0.280. The third-order valence-corrected chi connectivity index (χ3v) is 2.99. The highest BCUT2D eigenvalue weighted by Crippen LogP contribution is 2.27. The van der Waals surface area contributed by atoms with E-state index in [0.29, 0.717) is 11.4 Å². The van der Waals surface area contributed by atoms with Crippen LogP contribution in [0.4, 0.5) is 0 Å². The van der Waals surface area contributed by atoms with E-state index in [1.165, 1.54) is 0 Å². The van der Waals surface area contributed by atoms with Crippen molar-refractivity contribution in [2.75, 3.05) is 6.61 Å². The third-order valence-electron chi connectivity index (χ3n) is 2.03. The van der Waals surface area contributed by atoms with Gasteiger partial charge < -0.3 is 10.8 Å². The van der Waals surface area contributed by atoms with E-state index in [2.05, 4.69) is 15.9 Å². The average molecular weight is 279 g/mol. The van der Waals surface area contributed by atoms with Gasteiger partial charge in [-0.1, -0.05) is 27.5 Å². The van der Waals surface area contributed by atoms with Gasteiger partial charge in [-0.2, -0.15) is 0 Å². The number of aliphatic hydroxyl groups is 1. The Hall–Kier alpha value is -0.0900. The molecule has 2 nitrogen and oxygen atoms in total. The van der Waals surface area contributed by atoms with Gasteiger partial charge in [0.05, 0.1) is 0 Å². The van der Waals surface area contributed by atoms with Gasteiger partial charge in [0.1, 0.15) is 0 Å². The van der Waals surface area contributed by atoms with Gasteiger partial charge in [-0.05, 0) is 36.6 Å². The summed E-state index contributed by atoms with van der Waals surface area (Å²) in [7, 11) is 0. The minimum Gasteiger partial charge on any atom is -0.396 e. The van der Waals surface area contributed by atoms with Crippen LogP contribution in [0.15, 0.2) is 22.7 Å². The molecule has 0 aliphatic heterocycles. The van der Waals surface area contributed by atoms with Gasteiger partial charge >= 0.3 is 0 Å². The Morgan fingerprint density at radius 1 is 1.50 bits per heavy atom. The molecule has 0 spiro atoms. The first-order valence-corrected chi connectivity index (χ1v) is 5.63. The molecule has 4 heteroatoms. The summed E-state index contributed by atoms with van der Waals surface area (Å²) in [5.74, 6) is 0. The van der Waals surface area contributed by atoms with Crippen molar-refractivity contribution in [3.8, 4) is 0 Å².